The second-order valence-electron chi connectivity index (χ2n) is 6.39. The number of hydrogen-bond acceptors (Lipinski definition) is 5. The number of rotatable bonds is 4. The van der Waals surface area contributed by atoms with Crippen molar-refractivity contribution in [1.29, 1.82) is 0 Å². The quantitative estimate of drug-likeness (QED) is 0.602. The van der Waals surface area contributed by atoms with Gasteiger partial charge in [-0.25, -0.2) is 0 Å². The second kappa shape index (κ2) is 7.16. The molecule has 0 saturated carbocycles. The van der Waals surface area contributed by atoms with Gasteiger partial charge in [0.2, 0.25) is 0 Å². The number of benzene rings is 1. The lowest BCUT2D eigenvalue weighted by atomic mass is 10.2. The van der Waals surface area contributed by atoms with E-state index >= 15 is 0 Å². The molecular weight excluding hydrogens is 343 g/mol. The highest BCUT2D eigenvalue weighted by Gasteiger charge is 2.27. The van der Waals surface area contributed by atoms with E-state index in [4.69, 9.17) is 4.74 Å². The number of para-hydroxylation sites is 1. The Morgan fingerprint density at radius 2 is 2.00 bits per heavy atom. The summed E-state index contributed by atoms with van der Waals surface area (Å²) in [7, 11) is -2.27. The molecule has 2 heterocycles. The number of ether oxygens (including phenoxy) is 1. The fourth-order valence-electron chi connectivity index (χ4n) is 2.54. The van der Waals surface area contributed by atoms with Gasteiger partial charge in [-0.15, -0.1) is 0 Å². The SMILES string of the molecule is CP(C)(=O)COc1ccccc1/C=C1\SC(N2CCCC2)=NC1=O. The predicted octanol–water partition coefficient (Wildman–Crippen LogP) is 3.71. The van der Waals surface area contributed by atoms with Crippen LogP contribution >= 0.6 is 18.9 Å². The van der Waals surface area contributed by atoms with Crippen molar-refractivity contribution in [3.63, 3.8) is 0 Å². The first-order chi connectivity index (χ1) is 11.4. The zero-order valence-corrected chi connectivity index (χ0v) is 15.6. The van der Waals surface area contributed by atoms with Crippen molar-refractivity contribution in [2.75, 3.05) is 32.8 Å². The number of aliphatic imine (C=N–C) groups is 1. The summed E-state index contributed by atoms with van der Waals surface area (Å²) < 4.78 is 17.6. The number of carbonyl (C=O) groups excluding carboxylic acids is 1. The molecule has 7 heteroatoms. The molecule has 0 unspecified atom stereocenters. The summed E-state index contributed by atoms with van der Waals surface area (Å²) in [6.07, 6.45) is 4.30. The molecule has 2 aliphatic rings. The summed E-state index contributed by atoms with van der Waals surface area (Å²) in [5, 5.41) is 0.800. The van der Waals surface area contributed by atoms with Crippen LogP contribution in [-0.2, 0) is 9.36 Å². The van der Waals surface area contributed by atoms with Gasteiger partial charge in [-0.3, -0.25) is 4.79 Å². The third-order valence-corrected chi connectivity index (χ3v) is 5.52. The van der Waals surface area contributed by atoms with Crippen molar-refractivity contribution >= 4 is 36.1 Å². The zero-order chi connectivity index (χ0) is 17.2. The van der Waals surface area contributed by atoms with E-state index in [0.717, 1.165) is 36.7 Å². The van der Waals surface area contributed by atoms with Gasteiger partial charge in [-0.05, 0) is 50.1 Å². The lowest BCUT2D eigenvalue weighted by Gasteiger charge is -2.15. The Kier molecular flexibility index (Phi) is 5.16. The first-order valence-electron chi connectivity index (χ1n) is 7.96. The van der Waals surface area contributed by atoms with Crippen LogP contribution in [0, 0.1) is 0 Å². The monoisotopic (exact) mass is 364 g/mol. The molecule has 0 spiro atoms. The molecule has 3 rings (SSSR count). The van der Waals surface area contributed by atoms with Crippen molar-refractivity contribution in [3.8, 4) is 5.75 Å². The highest BCUT2D eigenvalue weighted by molar-refractivity contribution is 8.18. The van der Waals surface area contributed by atoms with Crippen LogP contribution in [-0.4, -0.2) is 48.7 Å². The molecule has 2 aliphatic heterocycles. The molecule has 0 N–H and O–H groups in total. The van der Waals surface area contributed by atoms with Crippen molar-refractivity contribution in [2.24, 2.45) is 4.99 Å². The number of amides is 1. The fourth-order valence-corrected chi connectivity index (χ4v) is 3.94. The Labute approximate surface area is 146 Å². The molecule has 1 aromatic rings. The molecule has 0 bridgehead atoms. The summed E-state index contributed by atoms with van der Waals surface area (Å²) in [4.78, 5) is 19.1. The lowest BCUT2D eigenvalue weighted by Crippen LogP contribution is -2.23. The molecule has 0 aromatic heterocycles. The maximum atomic E-state index is 12.2. The Hall–Kier alpha value is -1.52. The third-order valence-electron chi connectivity index (χ3n) is 3.72. The number of carbonyl (C=O) groups is 1. The highest BCUT2D eigenvalue weighted by Crippen LogP contribution is 2.37. The van der Waals surface area contributed by atoms with Gasteiger partial charge in [0.15, 0.2) is 5.17 Å². The number of nitrogens with zero attached hydrogens (tertiary/aromatic N) is 2. The molecule has 1 saturated heterocycles. The number of hydrogen-bond donors (Lipinski definition) is 0. The van der Waals surface area contributed by atoms with Gasteiger partial charge in [0, 0.05) is 18.7 Å². The predicted molar refractivity (Wildman–Crippen MR) is 100 cm³/mol. The number of amidine groups is 1. The van der Waals surface area contributed by atoms with E-state index in [1.807, 2.05) is 30.3 Å². The van der Waals surface area contributed by atoms with Crippen LogP contribution in [0.2, 0.25) is 0 Å². The van der Waals surface area contributed by atoms with E-state index < -0.39 is 7.14 Å². The van der Waals surface area contributed by atoms with Gasteiger partial charge in [-0.1, -0.05) is 18.2 Å². The minimum atomic E-state index is -2.27. The summed E-state index contributed by atoms with van der Waals surface area (Å²) in [5.41, 5.74) is 0.805. The Balaban J connectivity index is 1.77. The van der Waals surface area contributed by atoms with Crippen molar-refractivity contribution in [1.82, 2.24) is 4.90 Å². The van der Waals surface area contributed by atoms with Gasteiger partial charge < -0.3 is 14.2 Å². The van der Waals surface area contributed by atoms with E-state index in [2.05, 4.69) is 9.89 Å². The number of thioether (sulfide) groups is 1. The summed E-state index contributed by atoms with van der Waals surface area (Å²) in [5.74, 6) is 0.435. The van der Waals surface area contributed by atoms with E-state index in [9.17, 15) is 9.36 Å². The summed E-state index contributed by atoms with van der Waals surface area (Å²) in [6.45, 7) is 5.32. The van der Waals surface area contributed by atoms with E-state index in [0.29, 0.717) is 10.7 Å². The van der Waals surface area contributed by atoms with Crippen LogP contribution in [0.1, 0.15) is 18.4 Å². The van der Waals surface area contributed by atoms with Crippen LogP contribution in [0.25, 0.3) is 6.08 Å². The summed E-state index contributed by atoms with van der Waals surface area (Å²) in [6, 6.07) is 7.47. The molecule has 0 radical (unpaired) electrons. The first-order valence-corrected chi connectivity index (χ1v) is 11.6. The van der Waals surface area contributed by atoms with Gasteiger partial charge in [0.25, 0.3) is 5.91 Å². The standard InChI is InChI=1S/C17H21N2O3PS/c1-23(2,21)12-22-14-8-4-3-7-13(14)11-15-16(20)18-17(24-15)19-9-5-6-10-19/h3-4,7-8,11H,5-6,9-10,12H2,1-2H3/b15-11-. The first kappa shape index (κ1) is 17.3. The van der Waals surface area contributed by atoms with Crippen LogP contribution < -0.4 is 4.74 Å². The molecule has 1 fully saturated rings. The van der Waals surface area contributed by atoms with Gasteiger partial charge in [0.1, 0.15) is 19.2 Å². The van der Waals surface area contributed by atoms with Gasteiger partial charge in [-0.2, -0.15) is 4.99 Å². The molecule has 0 atom stereocenters. The van der Waals surface area contributed by atoms with E-state index in [-0.39, 0.29) is 12.3 Å². The van der Waals surface area contributed by atoms with Crippen molar-refractivity contribution < 1.29 is 14.1 Å². The Bertz CT molecular complexity index is 748. The molecule has 1 amide bonds. The maximum Gasteiger partial charge on any atom is 0.286 e. The molecular formula is C17H21N2O3PS. The molecule has 128 valence electrons. The van der Waals surface area contributed by atoms with Crippen molar-refractivity contribution in [3.05, 3.63) is 34.7 Å². The summed E-state index contributed by atoms with van der Waals surface area (Å²) >= 11 is 1.42. The van der Waals surface area contributed by atoms with Crippen LogP contribution in [0.15, 0.2) is 34.2 Å². The second-order valence-corrected chi connectivity index (χ2v) is 10.8. The normalized spacial score (nSPS) is 19.9. The molecule has 5 nitrogen and oxygen atoms in total. The Morgan fingerprint density at radius 1 is 1.29 bits per heavy atom. The average Bonchev–Trinajstić information content (AvgIpc) is 3.16. The lowest BCUT2D eigenvalue weighted by molar-refractivity contribution is -0.113. The fraction of sp³-hybridized carbons (Fsp3) is 0.412. The van der Waals surface area contributed by atoms with Crippen LogP contribution in [0.5, 0.6) is 5.75 Å². The largest absolute Gasteiger partial charge is 0.485 e. The average molecular weight is 364 g/mol. The third kappa shape index (κ3) is 4.31. The Morgan fingerprint density at radius 3 is 2.71 bits per heavy atom. The molecule has 0 aliphatic carbocycles. The maximum absolute atomic E-state index is 12.2. The molecule has 24 heavy (non-hydrogen) atoms. The van der Waals surface area contributed by atoms with E-state index in [1.54, 1.807) is 13.3 Å². The topological polar surface area (TPSA) is 59.0 Å². The zero-order valence-electron chi connectivity index (χ0n) is 13.9. The van der Waals surface area contributed by atoms with Gasteiger partial charge in [0.05, 0.1) is 4.91 Å². The minimum absolute atomic E-state index is 0.184. The van der Waals surface area contributed by atoms with Crippen LogP contribution in [0.3, 0.4) is 0 Å². The van der Waals surface area contributed by atoms with E-state index in [1.165, 1.54) is 11.8 Å². The van der Waals surface area contributed by atoms with Crippen molar-refractivity contribution in [2.45, 2.75) is 12.8 Å². The smallest absolute Gasteiger partial charge is 0.286 e. The molecule has 1 aromatic carbocycles. The van der Waals surface area contributed by atoms with Crippen LogP contribution in [0.4, 0.5) is 0 Å². The van der Waals surface area contributed by atoms with Gasteiger partial charge >= 0.3 is 0 Å². The highest BCUT2D eigenvalue weighted by atomic mass is 32.2. The number of likely N-dealkylation sites (tertiary alicyclic amines) is 1. The minimum Gasteiger partial charge on any atom is -0.485 e.